The molecule has 0 saturated carbocycles. The summed E-state index contributed by atoms with van der Waals surface area (Å²) >= 11 is 3.47. The van der Waals surface area contributed by atoms with Crippen LogP contribution >= 0.6 is 15.9 Å². The van der Waals surface area contributed by atoms with Crippen LogP contribution in [-0.2, 0) is 6.61 Å². The van der Waals surface area contributed by atoms with E-state index in [1.807, 2.05) is 6.92 Å². The number of nitriles is 1. The maximum Gasteiger partial charge on any atom is 0.175 e. The van der Waals surface area contributed by atoms with Crippen molar-refractivity contribution >= 4 is 27.6 Å². The molecule has 0 saturated heterocycles. The van der Waals surface area contributed by atoms with E-state index in [4.69, 9.17) is 9.47 Å². The van der Waals surface area contributed by atoms with Gasteiger partial charge in [0.1, 0.15) is 18.2 Å². The van der Waals surface area contributed by atoms with Crippen LogP contribution in [0.25, 0.3) is 11.6 Å². The SMILES string of the molecule is CCOc1cc(/C=C(/C#N)c2cccc(F)c2)cc(Br)c1OCc1ccccc1F. The minimum atomic E-state index is -0.415. The number of ether oxygens (including phenoxy) is 2. The zero-order chi connectivity index (χ0) is 21.5. The monoisotopic (exact) mass is 469 g/mol. The number of benzene rings is 3. The van der Waals surface area contributed by atoms with E-state index in [0.29, 0.717) is 44.8 Å². The Morgan fingerprint density at radius 2 is 1.87 bits per heavy atom. The van der Waals surface area contributed by atoms with Gasteiger partial charge >= 0.3 is 0 Å². The Balaban J connectivity index is 1.94. The van der Waals surface area contributed by atoms with Gasteiger partial charge in [-0.05, 0) is 70.4 Å². The summed E-state index contributed by atoms with van der Waals surface area (Å²) in [6.07, 6.45) is 1.64. The van der Waals surface area contributed by atoms with Crippen LogP contribution in [0.5, 0.6) is 11.5 Å². The molecular formula is C24H18BrF2NO2. The van der Waals surface area contributed by atoms with E-state index in [1.54, 1.807) is 48.5 Å². The average Bonchev–Trinajstić information content (AvgIpc) is 2.73. The minimum absolute atomic E-state index is 0.0350. The van der Waals surface area contributed by atoms with Crippen molar-refractivity contribution in [3.63, 3.8) is 0 Å². The second-order valence-electron chi connectivity index (χ2n) is 6.32. The van der Waals surface area contributed by atoms with Crippen LogP contribution in [0.4, 0.5) is 8.78 Å². The average molecular weight is 470 g/mol. The van der Waals surface area contributed by atoms with Gasteiger partial charge in [0, 0.05) is 5.56 Å². The number of nitrogens with zero attached hydrogens (tertiary/aromatic N) is 1. The predicted molar refractivity (Wildman–Crippen MR) is 116 cm³/mol. The molecular weight excluding hydrogens is 452 g/mol. The summed E-state index contributed by atoms with van der Waals surface area (Å²) in [5, 5.41) is 9.52. The normalized spacial score (nSPS) is 11.1. The molecule has 3 rings (SSSR count). The summed E-state index contributed by atoms with van der Waals surface area (Å²) in [5.41, 5.74) is 1.88. The first-order valence-electron chi connectivity index (χ1n) is 9.22. The molecule has 0 aliphatic heterocycles. The van der Waals surface area contributed by atoms with Crippen molar-refractivity contribution in [1.82, 2.24) is 0 Å². The molecule has 0 fully saturated rings. The smallest absolute Gasteiger partial charge is 0.175 e. The number of allylic oxidation sites excluding steroid dienone is 1. The number of hydrogen-bond acceptors (Lipinski definition) is 3. The Bertz CT molecular complexity index is 1120. The van der Waals surface area contributed by atoms with Gasteiger partial charge in [0.25, 0.3) is 0 Å². The number of rotatable bonds is 7. The molecule has 0 heterocycles. The highest BCUT2D eigenvalue weighted by Crippen LogP contribution is 2.38. The van der Waals surface area contributed by atoms with Gasteiger partial charge in [-0.25, -0.2) is 8.78 Å². The molecule has 3 aromatic rings. The van der Waals surface area contributed by atoms with E-state index in [-0.39, 0.29) is 12.4 Å². The van der Waals surface area contributed by atoms with Crippen LogP contribution in [0.3, 0.4) is 0 Å². The molecule has 0 aliphatic rings. The van der Waals surface area contributed by atoms with Crippen LogP contribution in [-0.4, -0.2) is 6.61 Å². The van der Waals surface area contributed by atoms with Gasteiger partial charge < -0.3 is 9.47 Å². The van der Waals surface area contributed by atoms with Crippen molar-refractivity contribution < 1.29 is 18.3 Å². The lowest BCUT2D eigenvalue weighted by molar-refractivity contribution is 0.264. The van der Waals surface area contributed by atoms with Crippen molar-refractivity contribution in [1.29, 1.82) is 5.26 Å². The van der Waals surface area contributed by atoms with Crippen molar-refractivity contribution in [3.05, 3.63) is 93.5 Å². The maximum absolute atomic E-state index is 13.9. The third-order valence-corrected chi connectivity index (χ3v) is 4.82. The first-order chi connectivity index (χ1) is 14.5. The second kappa shape index (κ2) is 10.0. The van der Waals surface area contributed by atoms with Crippen molar-refractivity contribution in [3.8, 4) is 17.6 Å². The Morgan fingerprint density at radius 1 is 1.07 bits per heavy atom. The first-order valence-corrected chi connectivity index (χ1v) is 10.0. The summed E-state index contributed by atoms with van der Waals surface area (Å²) in [5.74, 6) is 0.120. The third-order valence-electron chi connectivity index (χ3n) is 4.23. The molecule has 3 nitrogen and oxygen atoms in total. The Morgan fingerprint density at radius 3 is 2.57 bits per heavy atom. The molecule has 0 bridgehead atoms. The second-order valence-corrected chi connectivity index (χ2v) is 7.18. The van der Waals surface area contributed by atoms with Gasteiger partial charge in [0.05, 0.1) is 22.7 Å². The molecule has 0 N–H and O–H groups in total. The maximum atomic E-state index is 13.9. The molecule has 30 heavy (non-hydrogen) atoms. The summed E-state index contributed by atoms with van der Waals surface area (Å²) in [7, 11) is 0. The standard InChI is InChI=1S/C24H18BrF2NO2/c1-2-29-23-12-16(10-19(14-28)17-7-5-8-20(26)13-17)11-21(25)24(23)30-15-18-6-3-4-9-22(18)27/h3-13H,2,15H2,1H3/b19-10-. The molecule has 0 atom stereocenters. The van der Waals surface area contributed by atoms with Gasteiger partial charge in [0.2, 0.25) is 0 Å². The summed E-state index contributed by atoms with van der Waals surface area (Å²) in [6.45, 7) is 2.27. The summed E-state index contributed by atoms with van der Waals surface area (Å²) in [6, 6.07) is 17.8. The van der Waals surface area contributed by atoms with Crippen molar-refractivity contribution in [2.24, 2.45) is 0 Å². The molecule has 0 aliphatic carbocycles. The Hall–Kier alpha value is -3.17. The summed E-state index contributed by atoms with van der Waals surface area (Å²) < 4.78 is 39.5. The fraction of sp³-hybridized carbons (Fsp3) is 0.125. The van der Waals surface area contributed by atoms with Gasteiger partial charge in [0.15, 0.2) is 11.5 Å². The van der Waals surface area contributed by atoms with E-state index in [9.17, 15) is 14.0 Å². The zero-order valence-corrected chi connectivity index (χ0v) is 17.7. The van der Waals surface area contributed by atoms with Gasteiger partial charge in [-0.2, -0.15) is 5.26 Å². The third kappa shape index (κ3) is 5.25. The van der Waals surface area contributed by atoms with Crippen LogP contribution in [0, 0.1) is 23.0 Å². The molecule has 0 spiro atoms. The first kappa shape index (κ1) is 21.5. The highest BCUT2D eigenvalue weighted by molar-refractivity contribution is 9.10. The highest BCUT2D eigenvalue weighted by Gasteiger charge is 2.14. The molecule has 3 aromatic carbocycles. The number of hydrogen-bond donors (Lipinski definition) is 0. The molecule has 0 amide bonds. The topological polar surface area (TPSA) is 42.2 Å². The molecule has 6 heteroatoms. The number of halogens is 3. The fourth-order valence-corrected chi connectivity index (χ4v) is 3.42. The van der Waals surface area contributed by atoms with Crippen LogP contribution in [0.15, 0.2) is 65.1 Å². The summed E-state index contributed by atoms with van der Waals surface area (Å²) in [4.78, 5) is 0. The van der Waals surface area contributed by atoms with Crippen LogP contribution in [0.1, 0.15) is 23.6 Å². The largest absolute Gasteiger partial charge is 0.490 e. The van der Waals surface area contributed by atoms with Crippen LogP contribution < -0.4 is 9.47 Å². The lowest BCUT2D eigenvalue weighted by Gasteiger charge is -2.15. The Kier molecular flexibility index (Phi) is 7.21. The van der Waals surface area contributed by atoms with Crippen molar-refractivity contribution in [2.45, 2.75) is 13.5 Å². The minimum Gasteiger partial charge on any atom is -0.490 e. The van der Waals surface area contributed by atoms with Gasteiger partial charge in [-0.1, -0.05) is 30.3 Å². The molecule has 152 valence electrons. The molecule has 0 aromatic heterocycles. The van der Waals surface area contributed by atoms with E-state index in [2.05, 4.69) is 22.0 Å². The van der Waals surface area contributed by atoms with E-state index >= 15 is 0 Å². The van der Waals surface area contributed by atoms with E-state index < -0.39 is 5.82 Å². The van der Waals surface area contributed by atoms with E-state index in [0.717, 1.165) is 0 Å². The van der Waals surface area contributed by atoms with Crippen molar-refractivity contribution in [2.75, 3.05) is 6.61 Å². The van der Waals surface area contributed by atoms with Gasteiger partial charge in [-0.15, -0.1) is 0 Å². The fourth-order valence-electron chi connectivity index (χ4n) is 2.84. The quantitative estimate of drug-likeness (QED) is 0.283. The molecule has 0 unspecified atom stereocenters. The van der Waals surface area contributed by atoms with Crippen LogP contribution in [0.2, 0.25) is 0 Å². The predicted octanol–water partition coefficient (Wildman–Crippen LogP) is 6.77. The molecule has 0 radical (unpaired) electrons. The lowest BCUT2D eigenvalue weighted by atomic mass is 10.0. The Labute approximate surface area is 182 Å². The highest BCUT2D eigenvalue weighted by atomic mass is 79.9. The van der Waals surface area contributed by atoms with E-state index in [1.165, 1.54) is 18.2 Å². The zero-order valence-electron chi connectivity index (χ0n) is 16.2. The van der Waals surface area contributed by atoms with Gasteiger partial charge in [-0.3, -0.25) is 0 Å². The lowest BCUT2D eigenvalue weighted by Crippen LogP contribution is -2.02.